The highest BCUT2D eigenvalue weighted by Gasteiger charge is 2.31. The number of nitrogens with zero attached hydrogens (tertiary/aromatic N) is 2. The number of hydrogen-bond acceptors (Lipinski definition) is 7. The Balaban J connectivity index is 1.56. The molecule has 0 radical (unpaired) electrons. The highest BCUT2D eigenvalue weighted by molar-refractivity contribution is 8.00. The van der Waals surface area contributed by atoms with E-state index >= 15 is 0 Å². The molecule has 6 nitrogen and oxygen atoms in total. The molecule has 0 fully saturated rings. The van der Waals surface area contributed by atoms with Crippen molar-refractivity contribution in [3.05, 3.63) is 40.8 Å². The summed E-state index contributed by atoms with van der Waals surface area (Å²) in [6.07, 6.45) is 0.790. The van der Waals surface area contributed by atoms with E-state index in [0.717, 1.165) is 27.2 Å². The molecule has 8 heteroatoms. The molecule has 146 valence electrons. The van der Waals surface area contributed by atoms with Gasteiger partial charge < -0.3 is 15.8 Å². The first kappa shape index (κ1) is 19.2. The van der Waals surface area contributed by atoms with Crippen LogP contribution in [0.4, 0.5) is 11.5 Å². The van der Waals surface area contributed by atoms with Gasteiger partial charge in [0.15, 0.2) is 5.16 Å². The minimum absolute atomic E-state index is 0.0981. The summed E-state index contributed by atoms with van der Waals surface area (Å²) in [6.45, 7) is 6.56. The molecule has 1 aliphatic heterocycles. The van der Waals surface area contributed by atoms with E-state index in [1.165, 1.54) is 17.3 Å². The molecule has 0 aliphatic carbocycles. The van der Waals surface area contributed by atoms with Crippen molar-refractivity contribution in [1.29, 1.82) is 0 Å². The number of aromatic nitrogens is 2. The smallest absolute Gasteiger partial charge is 0.237 e. The fraction of sp³-hybridized carbons (Fsp3) is 0.350. The van der Waals surface area contributed by atoms with Crippen LogP contribution in [-0.4, -0.2) is 26.7 Å². The van der Waals surface area contributed by atoms with E-state index < -0.39 is 0 Å². The minimum Gasteiger partial charge on any atom is -0.383 e. The summed E-state index contributed by atoms with van der Waals surface area (Å²) in [4.78, 5) is 23.6. The number of ether oxygens (including phenoxy) is 1. The van der Waals surface area contributed by atoms with Gasteiger partial charge in [0.05, 0.1) is 22.8 Å². The predicted molar refractivity (Wildman–Crippen MR) is 115 cm³/mol. The average Bonchev–Trinajstić information content (AvgIpc) is 2.99. The van der Waals surface area contributed by atoms with Gasteiger partial charge >= 0.3 is 0 Å². The van der Waals surface area contributed by atoms with Crippen molar-refractivity contribution in [2.24, 2.45) is 0 Å². The molecule has 0 bridgehead atoms. The monoisotopic (exact) mass is 414 g/mol. The first-order chi connectivity index (χ1) is 13.3. The van der Waals surface area contributed by atoms with Gasteiger partial charge in [0.2, 0.25) is 5.91 Å². The van der Waals surface area contributed by atoms with Crippen LogP contribution in [-0.2, 0) is 22.6 Å². The van der Waals surface area contributed by atoms with Crippen LogP contribution in [0.2, 0.25) is 0 Å². The lowest BCUT2D eigenvalue weighted by Gasteiger charge is -2.30. The van der Waals surface area contributed by atoms with E-state index in [1.54, 1.807) is 11.3 Å². The summed E-state index contributed by atoms with van der Waals surface area (Å²) in [5.74, 6) is 0.373. The summed E-state index contributed by atoms with van der Waals surface area (Å²) in [5.41, 5.74) is 8.04. The van der Waals surface area contributed by atoms with Crippen LogP contribution >= 0.6 is 23.1 Å². The summed E-state index contributed by atoms with van der Waals surface area (Å²) in [7, 11) is 0. The maximum atomic E-state index is 12.5. The molecule has 3 N–H and O–H groups in total. The van der Waals surface area contributed by atoms with Gasteiger partial charge in [-0.3, -0.25) is 4.79 Å². The molecular formula is C20H22N4O2S2. The largest absolute Gasteiger partial charge is 0.383 e. The van der Waals surface area contributed by atoms with Crippen LogP contribution in [0.3, 0.4) is 0 Å². The number of fused-ring (bicyclic) bond motifs is 3. The lowest BCUT2D eigenvalue weighted by Crippen LogP contribution is -2.31. The first-order valence-corrected chi connectivity index (χ1v) is 10.8. The zero-order valence-electron chi connectivity index (χ0n) is 16.0. The van der Waals surface area contributed by atoms with Crippen LogP contribution < -0.4 is 11.1 Å². The second-order valence-corrected chi connectivity index (χ2v) is 9.81. The summed E-state index contributed by atoms with van der Waals surface area (Å²) >= 11 is 2.90. The Labute approximate surface area is 171 Å². The maximum absolute atomic E-state index is 12.5. The summed E-state index contributed by atoms with van der Waals surface area (Å²) in [6, 6.07) is 9.39. The van der Waals surface area contributed by atoms with E-state index in [0.29, 0.717) is 17.6 Å². The number of thioether (sulfide) groups is 1. The van der Waals surface area contributed by atoms with E-state index in [9.17, 15) is 4.79 Å². The Bertz CT molecular complexity index is 1030. The standard InChI is InChI=1S/C20H22N4O2S2/c1-11(17(25)22-12-7-5-4-6-8-12)27-19-23-16(21)15-13-9-20(2,3)26-10-14(13)28-18(15)24-19/h4-8,11H,9-10H2,1-3H3,(H,22,25)(H2,21,23,24)/t11-/m0/s1. The molecule has 0 saturated heterocycles. The molecule has 0 spiro atoms. The Morgan fingerprint density at radius 1 is 1.32 bits per heavy atom. The second-order valence-electron chi connectivity index (χ2n) is 7.42. The zero-order chi connectivity index (χ0) is 19.9. The number of hydrogen-bond donors (Lipinski definition) is 2. The van der Waals surface area contributed by atoms with Crippen LogP contribution in [0, 0.1) is 0 Å². The summed E-state index contributed by atoms with van der Waals surface area (Å²) in [5, 5.41) is 4.00. The number of para-hydroxylation sites is 1. The minimum atomic E-state index is -0.353. The number of thiophene rings is 1. The number of nitrogen functional groups attached to an aromatic ring is 1. The second kappa shape index (κ2) is 7.35. The van der Waals surface area contributed by atoms with Crippen molar-refractivity contribution in [1.82, 2.24) is 9.97 Å². The third kappa shape index (κ3) is 3.85. The molecular weight excluding hydrogens is 392 g/mol. The fourth-order valence-electron chi connectivity index (χ4n) is 3.18. The van der Waals surface area contributed by atoms with E-state index in [4.69, 9.17) is 10.5 Å². The molecule has 2 aromatic heterocycles. The van der Waals surface area contributed by atoms with Crippen molar-refractivity contribution in [2.45, 2.75) is 49.8 Å². The SMILES string of the molecule is C[C@H](Sc1nc(N)c2c3c(sc2n1)COC(C)(C)C3)C(=O)Nc1ccccc1. The van der Waals surface area contributed by atoms with Crippen LogP contribution in [0.5, 0.6) is 0 Å². The van der Waals surface area contributed by atoms with E-state index in [-0.39, 0.29) is 16.8 Å². The Morgan fingerprint density at radius 3 is 2.82 bits per heavy atom. The van der Waals surface area contributed by atoms with Crippen LogP contribution in [0.1, 0.15) is 31.2 Å². The molecule has 0 saturated carbocycles. The Morgan fingerprint density at radius 2 is 2.07 bits per heavy atom. The van der Waals surface area contributed by atoms with Gasteiger partial charge in [-0.05, 0) is 38.5 Å². The van der Waals surface area contributed by atoms with Crippen molar-refractivity contribution < 1.29 is 9.53 Å². The van der Waals surface area contributed by atoms with Crippen molar-refractivity contribution in [3.63, 3.8) is 0 Å². The molecule has 1 aliphatic rings. The van der Waals surface area contributed by atoms with Crippen molar-refractivity contribution in [2.75, 3.05) is 11.1 Å². The Hall–Kier alpha value is -2.16. The molecule has 1 amide bonds. The van der Waals surface area contributed by atoms with E-state index in [1.807, 2.05) is 37.3 Å². The summed E-state index contributed by atoms with van der Waals surface area (Å²) < 4.78 is 5.91. The molecule has 3 aromatic rings. The normalized spacial score (nSPS) is 16.5. The fourth-order valence-corrected chi connectivity index (χ4v) is 5.13. The molecule has 4 rings (SSSR count). The molecule has 1 atom stereocenters. The molecule has 1 aromatic carbocycles. The van der Waals surface area contributed by atoms with Gasteiger partial charge in [0.1, 0.15) is 10.6 Å². The predicted octanol–water partition coefficient (Wildman–Crippen LogP) is 4.24. The number of benzene rings is 1. The lowest BCUT2D eigenvalue weighted by molar-refractivity contribution is -0.115. The first-order valence-electron chi connectivity index (χ1n) is 9.07. The van der Waals surface area contributed by atoms with Crippen LogP contribution in [0.15, 0.2) is 35.5 Å². The number of rotatable bonds is 4. The van der Waals surface area contributed by atoms with Crippen LogP contribution in [0.25, 0.3) is 10.2 Å². The number of amides is 1. The highest BCUT2D eigenvalue weighted by Crippen LogP contribution is 2.41. The van der Waals surface area contributed by atoms with E-state index in [2.05, 4.69) is 29.1 Å². The third-order valence-electron chi connectivity index (χ3n) is 4.63. The molecule has 28 heavy (non-hydrogen) atoms. The third-order valence-corrected chi connectivity index (χ3v) is 6.69. The average molecular weight is 415 g/mol. The molecule has 0 unspecified atom stereocenters. The number of anilines is 2. The number of carbonyl (C=O) groups is 1. The quantitative estimate of drug-likeness (QED) is 0.490. The lowest BCUT2D eigenvalue weighted by atomic mass is 9.94. The van der Waals surface area contributed by atoms with Gasteiger partial charge in [-0.25, -0.2) is 9.97 Å². The van der Waals surface area contributed by atoms with Gasteiger partial charge in [-0.1, -0.05) is 30.0 Å². The highest BCUT2D eigenvalue weighted by atomic mass is 32.2. The van der Waals surface area contributed by atoms with Gasteiger partial charge in [-0.15, -0.1) is 11.3 Å². The van der Waals surface area contributed by atoms with Crippen molar-refractivity contribution in [3.8, 4) is 0 Å². The Kier molecular flexibility index (Phi) is 5.03. The topological polar surface area (TPSA) is 90.1 Å². The van der Waals surface area contributed by atoms with Gasteiger partial charge in [0, 0.05) is 17.0 Å². The van der Waals surface area contributed by atoms with Crippen molar-refractivity contribution >= 4 is 50.7 Å². The van der Waals surface area contributed by atoms with Gasteiger partial charge in [0.25, 0.3) is 0 Å². The zero-order valence-corrected chi connectivity index (χ0v) is 17.6. The number of nitrogens with two attached hydrogens (primary N) is 1. The number of nitrogens with one attached hydrogen (secondary N) is 1. The maximum Gasteiger partial charge on any atom is 0.237 e. The molecule has 3 heterocycles. The van der Waals surface area contributed by atoms with Gasteiger partial charge in [-0.2, -0.15) is 0 Å². The number of carbonyl (C=O) groups excluding carboxylic acids is 1.